The molecule has 12 heteroatoms. The standard InChI is InChI=1S/C33H32F3N3O6/c1-42-29-18-25-27(19-30(29)43-17-15-26(37)32(41)45-23-4-2-3-5-23)38-16-14-28(25)44-24-12-10-22(11-13-24)39-31(40)20-6-8-21(9-7-20)33(34,35)36/h6-14,16,18-19,23,26H,2-5,15,17,37H2,1H3,(H,39,40)/t26-/m1/s1. The van der Waals surface area contributed by atoms with Gasteiger partial charge in [0.2, 0.25) is 0 Å². The van der Waals surface area contributed by atoms with Crippen LogP contribution >= 0.6 is 0 Å². The van der Waals surface area contributed by atoms with Gasteiger partial charge in [0.25, 0.3) is 5.91 Å². The molecule has 1 fully saturated rings. The van der Waals surface area contributed by atoms with Gasteiger partial charge in [-0.15, -0.1) is 0 Å². The van der Waals surface area contributed by atoms with Gasteiger partial charge in [-0.05, 0) is 86.3 Å². The van der Waals surface area contributed by atoms with Crippen LogP contribution < -0.4 is 25.3 Å². The molecule has 9 nitrogen and oxygen atoms in total. The second kappa shape index (κ2) is 13.9. The summed E-state index contributed by atoms with van der Waals surface area (Å²) in [5.41, 5.74) is 6.29. The molecule has 0 aliphatic heterocycles. The van der Waals surface area contributed by atoms with Crippen molar-refractivity contribution >= 4 is 28.5 Å². The highest BCUT2D eigenvalue weighted by molar-refractivity contribution is 6.04. The Balaban J connectivity index is 1.21. The number of esters is 1. The fourth-order valence-electron chi connectivity index (χ4n) is 4.91. The number of amides is 1. The Hall–Kier alpha value is -4.84. The Kier molecular flexibility index (Phi) is 9.72. The SMILES string of the molecule is COc1cc2c(Oc3ccc(NC(=O)c4ccc(C(F)(F)F)cc4)cc3)ccnc2cc1OCC[C@@H](N)C(=O)OC1CCCC1. The Morgan fingerprint density at radius 3 is 2.36 bits per heavy atom. The highest BCUT2D eigenvalue weighted by atomic mass is 19.4. The Labute approximate surface area is 257 Å². The zero-order valence-corrected chi connectivity index (χ0v) is 24.4. The summed E-state index contributed by atoms with van der Waals surface area (Å²) in [6.45, 7) is 0.167. The molecule has 45 heavy (non-hydrogen) atoms. The van der Waals surface area contributed by atoms with Gasteiger partial charge in [-0.1, -0.05) is 0 Å². The van der Waals surface area contributed by atoms with Crippen molar-refractivity contribution < 1.29 is 41.7 Å². The van der Waals surface area contributed by atoms with Crippen LogP contribution in [0, 0.1) is 0 Å². The molecule has 1 aliphatic rings. The minimum absolute atomic E-state index is 0.0488. The molecule has 1 heterocycles. The average molecular weight is 624 g/mol. The van der Waals surface area contributed by atoms with Gasteiger partial charge in [0.1, 0.15) is 23.6 Å². The number of aromatic nitrogens is 1. The molecule has 1 amide bonds. The van der Waals surface area contributed by atoms with E-state index in [1.54, 1.807) is 48.7 Å². The number of pyridine rings is 1. The average Bonchev–Trinajstić information content (AvgIpc) is 3.54. The fourth-order valence-corrected chi connectivity index (χ4v) is 4.91. The number of nitrogens with two attached hydrogens (primary N) is 1. The van der Waals surface area contributed by atoms with Crippen molar-refractivity contribution in [2.24, 2.45) is 5.73 Å². The lowest BCUT2D eigenvalue weighted by Crippen LogP contribution is -2.35. The van der Waals surface area contributed by atoms with Gasteiger partial charge in [-0.3, -0.25) is 14.6 Å². The van der Waals surface area contributed by atoms with Gasteiger partial charge in [0.15, 0.2) is 11.5 Å². The molecule has 1 saturated carbocycles. The predicted octanol–water partition coefficient (Wildman–Crippen LogP) is 6.89. The molecule has 0 spiro atoms. The quantitative estimate of drug-likeness (QED) is 0.173. The van der Waals surface area contributed by atoms with Crippen molar-refractivity contribution in [3.8, 4) is 23.0 Å². The monoisotopic (exact) mass is 623 g/mol. The molecule has 1 aromatic heterocycles. The summed E-state index contributed by atoms with van der Waals surface area (Å²) in [5, 5.41) is 3.31. The summed E-state index contributed by atoms with van der Waals surface area (Å²) in [4.78, 5) is 29.2. The Bertz CT molecular complexity index is 1640. The summed E-state index contributed by atoms with van der Waals surface area (Å²) < 4.78 is 61.4. The number of anilines is 1. The summed E-state index contributed by atoms with van der Waals surface area (Å²) in [5.74, 6) is 0.849. The van der Waals surface area contributed by atoms with Crippen molar-refractivity contribution in [2.45, 2.75) is 50.4 Å². The molecule has 236 valence electrons. The topological polar surface area (TPSA) is 122 Å². The van der Waals surface area contributed by atoms with Crippen molar-refractivity contribution in [2.75, 3.05) is 19.0 Å². The van der Waals surface area contributed by atoms with Crippen LogP contribution in [0.15, 0.2) is 72.9 Å². The van der Waals surface area contributed by atoms with Crippen LogP contribution in [0.1, 0.15) is 48.0 Å². The van der Waals surface area contributed by atoms with E-state index in [-0.39, 0.29) is 24.7 Å². The number of fused-ring (bicyclic) bond motifs is 1. The van der Waals surface area contributed by atoms with Gasteiger partial charge >= 0.3 is 12.1 Å². The van der Waals surface area contributed by atoms with Gasteiger partial charge in [0, 0.05) is 35.3 Å². The fraction of sp³-hybridized carbons (Fsp3) is 0.303. The van der Waals surface area contributed by atoms with Gasteiger partial charge in [-0.25, -0.2) is 0 Å². The van der Waals surface area contributed by atoms with Crippen molar-refractivity contribution in [1.29, 1.82) is 0 Å². The van der Waals surface area contributed by atoms with Crippen molar-refractivity contribution in [3.05, 3.63) is 84.1 Å². The van der Waals surface area contributed by atoms with E-state index in [4.69, 9.17) is 24.7 Å². The molecule has 1 aliphatic carbocycles. The molecule has 5 rings (SSSR count). The van der Waals surface area contributed by atoms with Crippen molar-refractivity contribution in [1.82, 2.24) is 4.98 Å². The van der Waals surface area contributed by atoms with E-state index in [0.29, 0.717) is 39.6 Å². The van der Waals surface area contributed by atoms with Crippen LogP contribution in [-0.2, 0) is 15.7 Å². The van der Waals surface area contributed by atoms with E-state index in [1.165, 1.54) is 7.11 Å². The van der Waals surface area contributed by atoms with Crippen LogP contribution in [0.2, 0.25) is 0 Å². The second-order valence-electron chi connectivity index (χ2n) is 10.6. The van der Waals surface area contributed by atoms with Crippen LogP contribution in [0.4, 0.5) is 18.9 Å². The molecular formula is C33H32F3N3O6. The molecule has 3 N–H and O–H groups in total. The van der Waals surface area contributed by atoms with E-state index < -0.39 is 29.7 Å². The smallest absolute Gasteiger partial charge is 0.416 e. The highest BCUT2D eigenvalue weighted by Gasteiger charge is 2.30. The third-order valence-electron chi connectivity index (χ3n) is 7.38. The zero-order valence-electron chi connectivity index (χ0n) is 24.4. The minimum Gasteiger partial charge on any atom is -0.493 e. The number of alkyl halides is 3. The Morgan fingerprint density at radius 2 is 1.69 bits per heavy atom. The summed E-state index contributed by atoms with van der Waals surface area (Å²) in [6.07, 6.45) is 1.19. The third kappa shape index (κ3) is 8.01. The molecule has 0 unspecified atom stereocenters. The predicted molar refractivity (Wildman–Crippen MR) is 161 cm³/mol. The first-order chi connectivity index (χ1) is 21.6. The van der Waals surface area contributed by atoms with E-state index >= 15 is 0 Å². The van der Waals surface area contributed by atoms with Gasteiger partial charge in [0.05, 0.1) is 24.8 Å². The zero-order chi connectivity index (χ0) is 32.0. The van der Waals surface area contributed by atoms with Crippen molar-refractivity contribution in [3.63, 3.8) is 0 Å². The summed E-state index contributed by atoms with van der Waals surface area (Å²) in [7, 11) is 1.51. The second-order valence-corrected chi connectivity index (χ2v) is 10.6. The molecule has 1 atom stereocenters. The molecule has 0 bridgehead atoms. The molecular weight excluding hydrogens is 591 g/mol. The normalized spacial score (nSPS) is 14.2. The lowest BCUT2D eigenvalue weighted by molar-refractivity contribution is -0.150. The number of hydrogen-bond donors (Lipinski definition) is 2. The van der Waals surface area contributed by atoms with Crippen LogP contribution in [0.25, 0.3) is 10.9 Å². The molecule has 3 aromatic carbocycles. The molecule has 0 radical (unpaired) electrons. The van der Waals surface area contributed by atoms with Crippen LogP contribution in [0.3, 0.4) is 0 Å². The first-order valence-electron chi connectivity index (χ1n) is 14.4. The number of carbonyl (C=O) groups is 2. The lowest BCUT2D eigenvalue weighted by Gasteiger charge is -2.17. The largest absolute Gasteiger partial charge is 0.493 e. The number of rotatable bonds is 11. The number of methoxy groups -OCH3 is 1. The van der Waals surface area contributed by atoms with Gasteiger partial charge in [-0.2, -0.15) is 13.2 Å². The first-order valence-corrected chi connectivity index (χ1v) is 14.4. The number of carbonyl (C=O) groups excluding carboxylic acids is 2. The van der Waals surface area contributed by atoms with E-state index in [2.05, 4.69) is 10.3 Å². The maximum absolute atomic E-state index is 12.8. The number of halogens is 3. The number of nitrogens with one attached hydrogen (secondary N) is 1. The van der Waals surface area contributed by atoms with Crippen LogP contribution in [-0.4, -0.2) is 42.7 Å². The maximum atomic E-state index is 12.8. The number of nitrogens with zero attached hydrogens (tertiary/aromatic N) is 1. The maximum Gasteiger partial charge on any atom is 0.416 e. The van der Waals surface area contributed by atoms with E-state index in [9.17, 15) is 22.8 Å². The van der Waals surface area contributed by atoms with E-state index in [0.717, 1.165) is 49.9 Å². The number of benzene rings is 3. The minimum atomic E-state index is -4.48. The molecule has 4 aromatic rings. The van der Waals surface area contributed by atoms with E-state index in [1.807, 2.05) is 0 Å². The van der Waals surface area contributed by atoms with Gasteiger partial charge < -0.3 is 30.0 Å². The van der Waals surface area contributed by atoms with Crippen LogP contribution in [0.5, 0.6) is 23.0 Å². The summed E-state index contributed by atoms with van der Waals surface area (Å²) >= 11 is 0. The number of hydrogen-bond acceptors (Lipinski definition) is 8. The third-order valence-corrected chi connectivity index (χ3v) is 7.38. The lowest BCUT2D eigenvalue weighted by atomic mass is 10.1. The highest BCUT2D eigenvalue weighted by Crippen LogP contribution is 2.37. The Morgan fingerprint density at radius 1 is 0.978 bits per heavy atom. The summed E-state index contributed by atoms with van der Waals surface area (Å²) in [6, 6.07) is 14.8. The first kappa shape index (κ1) is 31.6. The molecule has 0 saturated heterocycles. The number of ether oxygens (including phenoxy) is 4.